The Morgan fingerprint density at radius 2 is 1.61 bits per heavy atom. The van der Waals surface area contributed by atoms with Gasteiger partial charge in [0.05, 0.1) is 38.9 Å². The number of primary amides is 1. The lowest BCUT2D eigenvalue weighted by Crippen LogP contribution is -2.26. The van der Waals surface area contributed by atoms with Crippen LogP contribution in [0.15, 0.2) is 60.9 Å². The fraction of sp³-hybridized carbons (Fsp3) is 0.125. The predicted molar refractivity (Wildman–Crippen MR) is 124 cm³/mol. The van der Waals surface area contributed by atoms with E-state index in [1.807, 2.05) is 12.1 Å². The van der Waals surface area contributed by atoms with E-state index in [9.17, 15) is 9.59 Å². The molecule has 4 rings (SSSR count). The Morgan fingerprint density at radius 3 is 2.24 bits per heavy atom. The second kappa shape index (κ2) is 8.91. The fourth-order valence-electron chi connectivity index (χ4n) is 3.57. The lowest BCUT2D eigenvalue weighted by atomic mass is 10.1. The summed E-state index contributed by atoms with van der Waals surface area (Å²) in [5.41, 5.74) is 7.56. The highest BCUT2D eigenvalue weighted by atomic mass is 16.5. The first-order valence-electron chi connectivity index (χ1n) is 9.94. The van der Waals surface area contributed by atoms with Crippen molar-refractivity contribution in [3.63, 3.8) is 0 Å². The maximum Gasteiger partial charge on any atom is 0.262 e. The zero-order valence-electron chi connectivity index (χ0n) is 18.3. The highest BCUT2D eigenvalue weighted by molar-refractivity contribution is 6.12. The summed E-state index contributed by atoms with van der Waals surface area (Å²) in [6.45, 7) is 0. The van der Waals surface area contributed by atoms with Gasteiger partial charge in [-0.3, -0.25) is 14.5 Å². The second-order valence-corrected chi connectivity index (χ2v) is 7.08. The van der Waals surface area contributed by atoms with Gasteiger partial charge in [-0.25, -0.2) is 4.98 Å². The quantitative estimate of drug-likeness (QED) is 0.447. The topological polar surface area (TPSA) is 120 Å². The molecule has 33 heavy (non-hydrogen) atoms. The number of aromatic amines is 1. The molecule has 168 valence electrons. The first kappa shape index (κ1) is 21.7. The molecule has 3 N–H and O–H groups in total. The number of aromatic nitrogens is 2. The maximum atomic E-state index is 13.8. The van der Waals surface area contributed by atoms with Gasteiger partial charge >= 0.3 is 0 Å². The summed E-state index contributed by atoms with van der Waals surface area (Å²) >= 11 is 0. The van der Waals surface area contributed by atoms with Gasteiger partial charge < -0.3 is 24.9 Å². The van der Waals surface area contributed by atoms with Crippen molar-refractivity contribution in [3.8, 4) is 17.2 Å². The summed E-state index contributed by atoms with van der Waals surface area (Å²) < 4.78 is 16.4. The van der Waals surface area contributed by atoms with Crippen LogP contribution in [0.2, 0.25) is 0 Å². The molecule has 0 saturated carbocycles. The number of hydrogen-bond acceptors (Lipinski definition) is 6. The number of H-pyrrole nitrogens is 1. The smallest absolute Gasteiger partial charge is 0.262 e. The van der Waals surface area contributed by atoms with Crippen molar-refractivity contribution < 1.29 is 23.8 Å². The number of nitrogens with one attached hydrogen (secondary N) is 1. The zero-order chi connectivity index (χ0) is 23.5. The summed E-state index contributed by atoms with van der Waals surface area (Å²) in [6.07, 6.45) is 3.35. The number of hydrogen-bond donors (Lipinski definition) is 2. The first-order chi connectivity index (χ1) is 16.0. The van der Waals surface area contributed by atoms with Crippen LogP contribution >= 0.6 is 0 Å². The molecule has 0 radical (unpaired) electrons. The van der Waals surface area contributed by atoms with Gasteiger partial charge in [-0.05, 0) is 30.3 Å². The maximum absolute atomic E-state index is 13.8. The van der Waals surface area contributed by atoms with Gasteiger partial charge in [-0.15, -0.1) is 0 Å². The zero-order valence-corrected chi connectivity index (χ0v) is 18.3. The molecular weight excluding hydrogens is 424 g/mol. The second-order valence-electron chi connectivity index (χ2n) is 7.08. The standard InChI is InChI=1S/C24H22N4O5/c1-31-19-11-17(12-20(32-2)21(19)33-3)28(18-10-15-7-8-26-23(15)27-13-18)24(30)16-6-4-5-14(9-16)22(25)29/h4-13H,1-3H3,(H2,25,29)(H,26,27). The highest BCUT2D eigenvalue weighted by Gasteiger charge is 2.25. The number of amides is 2. The molecule has 2 heterocycles. The number of nitrogens with zero attached hydrogens (tertiary/aromatic N) is 2. The SMILES string of the molecule is COc1cc(N(C(=O)c2cccc(C(N)=O)c2)c2cnc3[nH]ccc3c2)cc(OC)c1OC. The monoisotopic (exact) mass is 446 g/mol. The Labute approximate surface area is 189 Å². The van der Waals surface area contributed by atoms with Gasteiger partial charge in [0.2, 0.25) is 11.7 Å². The lowest BCUT2D eigenvalue weighted by Gasteiger charge is -2.25. The van der Waals surface area contributed by atoms with Crippen LogP contribution in [0.1, 0.15) is 20.7 Å². The molecule has 0 fully saturated rings. The summed E-state index contributed by atoms with van der Waals surface area (Å²) in [5.74, 6) is 0.131. The van der Waals surface area contributed by atoms with Crippen LogP contribution in [0.3, 0.4) is 0 Å². The van der Waals surface area contributed by atoms with Crippen LogP contribution in [0.25, 0.3) is 11.0 Å². The number of nitrogens with two attached hydrogens (primary N) is 1. The van der Waals surface area contributed by atoms with E-state index < -0.39 is 11.8 Å². The average molecular weight is 446 g/mol. The van der Waals surface area contributed by atoms with Gasteiger partial charge in [0.1, 0.15) is 5.65 Å². The van der Waals surface area contributed by atoms with Crippen LogP contribution in [-0.4, -0.2) is 43.1 Å². The Balaban J connectivity index is 1.92. The molecule has 2 aromatic carbocycles. The normalized spacial score (nSPS) is 10.6. The van der Waals surface area contributed by atoms with E-state index in [4.69, 9.17) is 19.9 Å². The number of pyridine rings is 1. The van der Waals surface area contributed by atoms with Gasteiger partial charge in [0.25, 0.3) is 5.91 Å². The molecule has 0 bridgehead atoms. The number of carbonyl (C=O) groups excluding carboxylic acids is 2. The molecule has 9 nitrogen and oxygen atoms in total. The van der Waals surface area contributed by atoms with Crippen LogP contribution in [-0.2, 0) is 0 Å². The number of benzene rings is 2. The van der Waals surface area contributed by atoms with Crippen LogP contribution in [0, 0.1) is 0 Å². The van der Waals surface area contributed by atoms with E-state index in [1.54, 1.807) is 42.7 Å². The van der Waals surface area contributed by atoms with E-state index in [-0.39, 0.29) is 11.1 Å². The highest BCUT2D eigenvalue weighted by Crippen LogP contribution is 2.43. The third kappa shape index (κ3) is 4.03. The Bertz CT molecular complexity index is 1320. The Hall–Kier alpha value is -4.53. The molecule has 0 atom stereocenters. The number of rotatable bonds is 7. The first-order valence-corrected chi connectivity index (χ1v) is 9.94. The molecule has 0 saturated heterocycles. The number of carbonyl (C=O) groups is 2. The van der Waals surface area contributed by atoms with Crippen molar-refractivity contribution in [2.24, 2.45) is 5.73 Å². The van der Waals surface area contributed by atoms with Crippen molar-refractivity contribution >= 4 is 34.2 Å². The number of methoxy groups -OCH3 is 3. The van der Waals surface area contributed by atoms with Gasteiger partial charge in [-0.1, -0.05) is 6.07 Å². The van der Waals surface area contributed by atoms with E-state index in [0.29, 0.717) is 34.3 Å². The van der Waals surface area contributed by atoms with E-state index in [0.717, 1.165) is 5.39 Å². The van der Waals surface area contributed by atoms with E-state index in [2.05, 4.69) is 9.97 Å². The predicted octanol–water partition coefficient (Wildman–Crippen LogP) is 3.67. The van der Waals surface area contributed by atoms with Gasteiger partial charge in [0.15, 0.2) is 11.5 Å². The molecular formula is C24H22N4O5. The molecule has 0 unspecified atom stereocenters. The summed E-state index contributed by atoms with van der Waals surface area (Å²) in [4.78, 5) is 34.4. The Kier molecular flexibility index (Phi) is 5.86. The minimum absolute atomic E-state index is 0.227. The molecule has 0 aliphatic heterocycles. The fourth-order valence-corrected chi connectivity index (χ4v) is 3.57. The van der Waals surface area contributed by atoms with Crippen molar-refractivity contribution in [1.82, 2.24) is 9.97 Å². The summed E-state index contributed by atoms with van der Waals surface area (Å²) in [5, 5.41) is 0.823. The van der Waals surface area contributed by atoms with Crippen LogP contribution in [0.4, 0.5) is 11.4 Å². The lowest BCUT2D eigenvalue weighted by molar-refractivity contribution is 0.0998. The number of fused-ring (bicyclic) bond motifs is 1. The molecule has 2 amide bonds. The number of ether oxygens (including phenoxy) is 3. The van der Waals surface area contributed by atoms with Crippen molar-refractivity contribution in [1.29, 1.82) is 0 Å². The van der Waals surface area contributed by atoms with Crippen molar-refractivity contribution in [2.45, 2.75) is 0 Å². The largest absolute Gasteiger partial charge is 0.493 e. The molecule has 9 heteroatoms. The van der Waals surface area contributed by atoms with Crippen LogP contribution in [0.5, 0.6) is 17.2 Å². The van der Waals surface area contributed by atoms with Gasteiger partial charge in [0, 0.05) is 34.8 Å². The molecule has 0 aliphatic carbocycles. The van der Waals surface area contributed by atoms with Crippen LogP contribution < -0.4 is 24.8 Å². The van der Waals surface area contributed by atoms with E-state index in [1.165, 1.54) is 32.3 Å². The van der Waals surface area contributed by atoms with Crippen molar-refractivity contribution in [2.75, 3.05) is 26.2 Å². The summed E-state index contributed by atoms with van der Waals surface area (Å²) in [6, 6.07) is 13.2. The van der Waals surface area contributed by atoms with Crippen molar-refractivity contribution in [3.05, 3.63) is 72.1 Å². The Morgan fingerprint density at radius 1 is 0.909 bits per heavy atom. The van der Waals surface area contributed by atoms with E-state index >= 15 is 0 Å². The minimum atomic E-state index is -0.626. The molecule has 0 aliphatic rings. The molecule has 0 spiro atoms. The molecule has 2 aromatic heterocycles. The third-order valence-electron chi connectivity index (χ3n) is 5.15. The minimum Gasteiger partial charge on any atom is -0.493 e. The molecule has 4 aromatic rings. The third-order valence-corrected chi connectivity index (χ3v) is 5.15. The van der Waals surface area contributed by atoms with Gasteiger partial charge in [-0.2, -0.15) is 0 Å². The number of anilines is 2. The average Bonchev–Trinajstić information content (AvgIpc) is 3.31. The summed E-state index contributed by atoms with van der Waals surface area (Å²) in [7, 11) is 4.50.